The Hall–Kier alpha value is -1.45. The number of carbonyl (C=O) groups is 2. The first-order valence-corrected chi connectivity index (χ1v) is 9.62. The Morgan fingerprint density at radius 2 is 2.04 bits per heavy atom. The number of thiophene rings is 1. The molecule has 1 saturated heterocycles. The third-order valence-electron chi connectivity index (χ3n) is 3.76. The maximum absolute atomic E-state index is 12.8. The Bertz CT molecular complexity index is 698. The lowest BCUT2D eigenvalue weighted by Crippen LogP contribution is -2.58. The molecule has 1 aliphatic heterocycles. The van der Waals surface area contributed by atoms with Crippen molar-refractivity contribution in [2.24, 2.45) is 0 Å². The molecule has 2 rings (SSSR count). The predicted octanol–water partition coefficient (Wildman–Crippen LogP) is 1.01. The van der Waals surface area contributed by atoms with Crippen molar-refractivity contribution >= 4 is 33.2 Å². The molecule has 9 heteroatoms. The first-order chi connectivity index (χ1) is 10.8. The Morgan fingerprint density at radius 1 is 1.35 bits per heavy atom. The predicted molar refractivity (Wildman–Crippen MR) is 85.9 cm³/mol. The van der Waals surface area contributed by atoms with E-state index in [1.807, 2.05) is 6.92 Å². The van der Waals surface area contributed by atoms with Crippen molar-refractivity contribution in [3.8, 4) is 0 Å². The van der Waals surface area contributed by atoms with E-state index in [-0.39, 0.29) is 29.8 Å². The zero-order valence-corrected chi connectivity index (χ0v) is 14.7. The number of sulfonamides is 1. The van der Waals surface area contributed by atoms with Crippen LogP contribution in [0.15, 0.2) is 16.3 Å². The standard InChI is InChI=1S/C14H20N2O5S2/c1-3-4-11-5-6-13(22-11)23(20,21)16-8-7-15(10(2)17)9-12(16)14(18)19/h5-6,12H,3-4,7-9H2,1-2H3,(H,18,19). The number of carbonyl (C=O) groups excluding carboxylic acids is 1. The number of carboxylic acids is 1. The van der Waals surface area contributed by atoms with Gasteiger partial charge in [-0.25, -0.2) is 8.42 Å². The number of hydrogen-bond acceptors (Lipinski definition) is 5. The lowest BCUT2D eigenvalue weighted by atomic mass is 10.2. The number of amides is 1. The molecule has 1 N–H and O–H groups in total. The molecule has 0 aliphatic carbocycles. The van der Waals surface area contributed by atoms with Gasteiger partial charge in [0.1, 0.15) is 10.3 Å². The molecule has 2 heterocycles. The number of nitrogens with zero attached hydrogens (tertiary/aromatic N) is 2. The zero-order valence-electron chi connectivity index (χ0n) is 13.1. The van der Waals surface area contributed by atoms with Crippen LogP contribution in [0, 0.1) is 0 Å². The fourth-order valence-corrected chi connectivity index (χ4v) is 5.69. The van der Waals surface area contributed by atoms with Crippen molar-refractivity contribution in [3.05, 3.63) is 17.0 Å². The SMILES string of the molecule is CCCc1ccc(S(=O)(=O)N2CCN(C(C)=O)CC2C(=O)O)s1. The molecule has 1 aromatic rings. The van der Waals surface area contributed by atoms with Crippen LogP contribution in [-0.2, 0) is 26.0 Å². The topological polar surface area (TPSA) is 95.0 Å². The summed E-state index contributed by atoms with van der Waals surface area (Å²) < 4.78 is 26.7. The molecule has 128 valence electrons. The largest absolute Gasteiger partial charge is 0.480 e. The van der Waals surface area contributed by atoms with Gasteiger partial charge in [0.2, 0.25) is 5.91 Å². The van der Waals surface area contributed by atoms with E-state index in [0.717, 1.165) is 22.0 Å². The second kappa shape index (κ2) is 6.98. The van der Waals surface area contributed by atoms with Crippen LogP contribution in [0.2, 0.25) is 0 Å². The third-order valence-corrected chi connectivity index (χ3v) is 7.28. The van der Waals surface area contributed by atoms with E-state index < -0.39 is 22.0 Å². The summed E-state index contributed by atoms with van der Waals surface area (Å²) in [6.07, 6.45) is 1.70. The first kappa shape index (κ1) is 17.9. The highest BCUT2D eigenvalue weighted by Crippen LogP contribution is 2.28. The van der Waals surface area contributed by atoms with Crippen molar-refractivity contribution in [2.75, 3.05) is 19.6 Å². The molecule has 1 aliphatic rings. The maximum Gasteiger partial charge on any atom is 0.323 e. The van der Waals surface area contributed by atoms with Crippen molar-refractivity contribution in [2.45, 2.75) is 36.9 Å². The van der Waals surface area contributed by atoms with Crippen LogP contribution >= 0.6 is 11.3 Å². The maximum atomic E-state index is 12.8. The lowest BCUT2D eigenvalue weighted by molar-refractivity contribution is -0.145. The summed E-state index contributed by atoms with van der Waals surface area (Å²) in [6.45, 7) is 3.41. The van der Waals surface area contributed by atoms with E-state index in [9.17, 15) is 23.1 Å². The second-order valence-electron chi connectivity index (χ2n) is 5.41. The van der Waals surface area contributed by atoms with Gasteiger partial charge in [-0.05, 0) is 18.6 Å². The Kier molecular flexibility index (Phi) is 5.43. The van der Waals surface area contributed by atoms with Crippen LogP contribution in [0.5, 0.6) is 0 Å². The number of aliphatic carboxylic acids is 1. The number of rotatable bonds is 5. The van der Waals surface area contributed by atoms with Gasteiger partial charge in [0.25, 0.3) is 10.0 Å². The van der Waals surface area contributed by atoms with Gasteiger partial charge in [-0.3, -0.25) is 9.59 Å². The highest BCUT2D eigenvalue weighted by atomic mass is 32.2. The molecule has 23 heavy (non-hydrogen) atoms. The quantitative estimate of drug-likeness (QED) is 0.845. The lowest BCUT2D eigenvalue weighted by Gasteiger charge is -2.37. The molecule has 7 nitrogen and oxygen atoms in total. The average Bonchev–Trinajstić information content (AvgIpc) is 2.96. The van der Waals surface area contributed by atoms with E-state index in [1.54, 1.807) is 6.07 Å². The summed E-state index contributed by atoms with van der Waals surface area (Å²) in [5, 5.41) is 9.37. The summed E-state index contributed by atoms with van der Waals surface area (Å²) in [6, 6.07) is 2.04. The summed E-state index contributed by atoms with van der Waals surface area (Å²) >= 11 is 1.18. The smallest absolute Gasteiger partial charge is 0.323 e. The minimum absolute atomic E-state index is 0.0140. The molecular formula is C14H20N2O5S2. The van der Waals surface area contributed by atoms with Crippen LogP contribution in [0.3, 0.4) is 0 Å². The highest BCUT2D eigenvalue weighted by molar-refractivity contribution is 7.91. The fourth-order valence-electron chi connectivity index (χ4n) is 2.53. The van der Waals surface area contributed by atoms with E-state index in [1.165, 1.54) is 29.2 Å². The van der Waals surface area contributed by atoms with Crippen LogP contribution < -0.4 is 0 Å². The van der Waals surface area contributed by atoms with Gasteiger partial charge in [-0.1, -0.05) is 13.3 Å². The molecule has 0 spiro atoms. The van der Waals surface area contributed by atoms with E-state index in [4.69, 9.17) is 0 Å². The van der Waals surface area contributed by atoms with E-state index in [0.29, 0.717) is 0 Å². The molecule has 0 saturated carbocycles. The summed E-state index contributed by atoms with van der Waals surface area (Å²) in [7, 11) is -3.87. The molecular weight excluding hydrogens is 340 g/mol. The van der Waals surface area contributed by atoms with E-state index in [2.05, 4.69) is 0 Å². The van der Waals surface area contributed by atoms with Crippen molar-refractivity contribution in [1.29, 1.82) is 0 Å². The minimum Gasteiger partial charge on any atom is -0.480 e. The Labute approximate surface area is 139 Å². The van der Waals surface area contributed by atoms with Crippen molar-refractivity contribution in [1.82, 2.24) is 9.21 Å². The monoisotopic (exact) mass is 360 g/mol. The molecule has 1 atom stereocenters. The van der Waals surface area contributed by atoms with Gasteiger partial charge in [0, 0.05) is 31.4 Å². The fraction of sp³-hybridized carbons (Fsp3) is 0.571. The molecule has 1 fully saturated rings. The molecule has 0 radical (unpaired) electrons. The zero-order chi connectivity index (χ0) is 17.2. The first-order valence-electron chi connectivity index (χ1n) is 7.36. The summed E-state index contributed by atoms with van der Waals surface area (Å²) in [5.74, 6) is -1.50. The minimum atomic E-state index is -3.87. The van der Waals surface area contributed by atoms with Gasteiger partial charge in [-0.15, -0.1) is 11.3 Å². The van der Waals surface area contributed by atoms with Gasteiger partial charge in [0.05, 0.1) is 0 Å². The van der Waals surface area contributed by atoms with Gasteiger partial charge in [-0.2, -0.15) is 4.31 Å². The number of piperazine rings is 1. The molecule has 1 aromatic heterocycles. The number of aryl methyl sites for hydroxylation is 1. The van der Waals surface area contributed by atoms with Crippen LogP contribution in [0.1, 0.15) is 25.1 Å². The summed E-state index contributed by atoms with van der Waals surface area (Å²) in [5.41, 5.74) is 0. The van der Waals surface area contributed by atoms with Crippen molar-refractivity contribution < 1.29 is 23.1 Å². The number of carboxylic acid groups (broad SMARTS) is 1. The van der Waals surface area contributed by atoms with Crippen molar-refractivity contribution in [3.63, 3.8) is 0 Å². The average molecular weight is 360 g/mol. The third kappa shape index (κ3) is 3.73. The van der Waals surface area contributed by atoms with Crippen LogP contribution in [0.4, 0.5) is 0 Å². The van der Waals surface area contributed by atoms with Gasteiger partial charge >= 0.3 is 5.97 Å². The van der Waals surface area contributed by atoms with Crippen LogP contribution in [-0.4, -0.2) is 60.3 Å². The summed E-state index contributed by atoms with van der Waals surface area (Å²) in [4.78, 5) is 25.2. The highest BCUT2D eigenvalue weighted by Gasteiger charge is 2.41. The number of hydrogen-bond donors (Lipinski definition) is 1. The van der Waals surface area contributed by atoms with Gasteiger partial charge < -0.3 is 10.0 Å². The van der Waals surface area contributed by atoms with Gasteiger partial charge in [0.15, 0.2) is 0 Å². The molecule has 1 amide bonds. The van der Waals surface area contributed by atoms with E-state index >= 15 is 0 Å². The molecule has 0 bridgehead atoms. The molecule has 1 unspecified atom stereocenters. The molecule has 0 aromatic carbocycles. The Morgan fingerprint density at radius 3 is 2.61 bits per heavy atom. The normalized spacial score (nSPS) is 19.7. The second-order valence-corrected chi connectivity index (χ2v) is 8.69. The van der Waals surface area contributed by atoms with Crippen LogP contribution in [0.25, 0.3) is 0 Å². The Balaban J connectivity index is 2.29.